The number of hydrogen-bond acceptors (Lipinski definition) is 3. The minimum Gasteiger partial charge on any atom is -0.355 e. The Bertz CT molecular complexity index is 869. The molecule has 152 valence electrons. The molecule has 0 radical (unpaired) electrons. The largest absolute Gasteiger partial charge is 0.355 e. The van der Waals surface area contributed by atoms with Crippen molar-refractivity contribution in [2.45, 2.75) is 39.5 Å². The number of carbonyl (C=O) groups is 1. The fourth-order valence-electron chi connectivity index (χ4n) is 3.41. The number of rotatable bonds is 10. The van der Waals surface area contributed by atoms with E-state index in [1.165, 1.54) is 28.7 Å². The van der Waals surface area contributed by atoms with Crippen LogP contribution in [0.4, 0.5) is 0 Å². The monoisotopic (exact) mass is 406 g/mol. The van der Waals surface area contributed by atoms with Crippen LogP contribution in [0, 0.1) is 0 Å². The maximum atomic E-state index is 12.1. The van der Waals surface area contributed by atoms with Crippen LogP contribution in [0.3, 0.4) is 0 Å². The summed E-state index contributed by atoms with van der Waals surface area (Å²) in [6.07, 6.45) is 4.07. The number of allylic oxidation sites excluding steroid dienone is 1. The maximum Gasteiger partial charge on any atom is 0.230 e. The second-order valence-electron chi connectivity index (χ2n) is 7.49. The third-order valence-electron chi connectivity index (χ3n) is 5.07. The predicted octanol–water partition coefficient (Wildman–Crippen LogP) is 5.20. The SMILES string of the molecule is CCCc1ccc(C2=NC(CSCC(=O)NCCc3ccccc3)=C(C)C2)cc1. The van der Waals surface area contributed by atoms with Crippen molar-refractivity contribution in [3.05, 3.63) is 82.6 Å². The number of thioether (sulfide) groups is 1. The van der Waals surface area contributed by atoms with Gasteiger partial charge in [-0.1, -0.05) is 67.9 Å². The van der Waals surface area contributed by atoms with Crippen LogP contribution >= 0.6 is 11.8 Å². The molecule has 1 aliphatic rings. The zero-order valence-corrected chi connectivity index (χ0v) is 18.2. The van der Waals surface area contributed by atoms with E-state index >= 15 is 0 Å². The van der Waals surface area contributed by atoms with Gasteiger partial charge >= 0.3 is 0 Å². The molecule has 1 heterocycles. The van der Waals surface area contributed by atoms with E-state index in [1.54, 1.807) is 11.8 Å². The van der Waals surface area contributed by atoms with Gasteiger partial charge in [0.05, 0.1) is 11.5 Å². The highest BCUT2D eigenvalue weighted by Crippen LogP contribution is 2.26. The van der Waals surface area contributed by atoms with Gasteiger partial charge in [-0.15, -0.1) is 11.8 Å². The highest BCUT2D eigenvalue weighted by atomic mass is 32.2. The molecule has 4 heteroatoms. The van der Waals surface area contributed by atoms with Gasteiger partial charge in [0.15, 0.2) is 0 Å². The van der Waals surface area contributed by atoms with E-state index < -0.39 is 0 Å². The summed E-state index contributed by atoms with van der Waals surface area (Å²) in [5.41, 5.74) is 7.43. The standard InChI is InChI=1S/C25H30N2OS/c1-3-7-20-10-12-22(13-11-20)23-16-19(2)24(27-23)17-29-18-25(28)26-15-14-21-8-5-4-6-9-21/h4-6,8-13H,3,7,14-18H2,1-2H3,(H,26,28). The molecule has 0 saturated heterocycles. The molecule has 1 N–H and O–H groups in total. The highest BCUT2D eigenvalue weighted by molar-refractivity contribution is 8.00. The second kappa shape index (κ2) is 11.0. The zero-order valence-electron chi connectivity index (χ0n) is 17.4. The summed E-state index contributed by atoms with van der Waals surface area (Å²) in [4.78, 5) is 16.9. The number of hydrogen-bond donors (Lipinski definition) is 1. The van der Waals surface area contributed by atoms with Crippen molar-refractivity contribution in [1.82, 2.24) is 5.32 Å². The highest BCUT2D eigenvalue weighted by Gasteiger charge is 2.16. The number of aliphatic imine (C=N–C) groups is 1. The maximum absolute atomic E-state index is 12.1. The molecule has 0 aliphatic carbocycles. The molecule has 2 aromatic rings. The average Bonchev–Trinajstić information content (AvgIpc) is 3.10. The van der Waals surface area contributed by atoms with Gasteiger partial charge in [-0.05, 0) is 42.0 Å². The van der Waals surface area contributed by atoms with Crippen molar-refractivity contribution >= 4 is 23.4 Å². The first-order chi connectivity index (χ1) is 14.2. The Morgan fingerprint density at radius 3 is 2.48 bits per heavy atom. The summed E-state index contributed by atoms with van der Waals surface area (Å²) in [6.45, 7) is 5.04. The summed E-state index contributed by atoms with van der Waals surface area (Å²) in [5.74, 6) is 1.36. The lowest BCUT2D eigenvalue weighted by Crippen LogP contribution is -2.27. The molecule has 0 fully saturated rings. The molecule has 0 aromatic heterocycles. The van der Waals surface area contributed by atoms with Crippen molar-refractivity contribution in [1.29, 1.82) is 0 Å². The number of aryl methyl sites for hydroxylation is 1. The Balaban J connectivity index is 1.41. The van der Waals surface area contributed by atoms with Gasteiger partial charge in [-0.3, -0.25) is 9.79 Å². The lowest BCUT2D eigenvalue weighted by atomic mass is 10.0. The van der Waals surface area contributed by atoms with Crippen LogP contribution in [0.1, 0.15) is 43.4 Å². The molecule has 2 aromatic carbocycles. The van der Waals surface area contributed by atoms with E-state index in [-0.39, 0.29) is 5.91 Å². The summed E-state index contributed by atoms with van der Waals surface area (Å²) < 4.78 is 0. The lowest BCUT2D eigenvalue weighted by Gasteiger charge is -2.06. The molecule has 3 nitrogen and oxygen atoms in total. The average molecular weight is 407 g/mol. The third-order valence-corrected chi connectivity index (χ3v) is 6.02. The first-order valence-corrected chi connectivity index (χ1v) is 11.5. The minimum absolute atomic E-state index is 0.0953. The van der Waals surface area contributed by atoms with E-state index in [2.05, 4.69) is 55.6 Å². The number of nitrogens with one attached hydrogen (secondary N) is 1. The first kappa shape index (κ1) is 21.4. The van der Waals surface area contributed by atoms with Crippen LogP contribution in [0.5, 0.6) is 0 Å². The summed E-state index contributed by atoms with van der Waals surface area (Å²) in [5, 5.41) is 3.01. The van der Waals surface area contributed by atoms with Crippen molar-refractivity contribution in [2.75, 3.05) is 18.1 Å². The Kier molecular flexibility index (Phi) is 8.12. The number of nitrogens with zero attached hydrogens (tertiary/aromatic N) is 1. The smallest absolute Gasteiger partial charge is 0.230 e. The fraction of sp³-hybridized carbons (Fsp3) is 0.360. The Morgan fingerprint density at radius 1 is 1.03 bits per heavy atom. The topological polar surface area (TPSA) is 41.5 Å². The van der Waals surface area contributed by atoms with E-state index in [0.717, 1.165) is 36.4 Å². The number of carbonyl (C=O) groups excluding carboxylic acids is 1. The van der Waals surface area contributed by atoms with Crippen LogP contribution in [-0.2, 0) is 17.6 Å². The zero-order chi connectivity index (χ0) is 20.5. The second-order valence-corrected chi connectivity index (χ2v) is 8.47. The quantitative estimate of drug-likeness (QED) is 0.589. The Morgan fingerprint density at radius 2 is 1.76 bits per heavy atom. The van der Waals surface area contributed by atoms with E-state index in [4.69, 9.17) is 4.99 Å². The Labute approximate surface area is 178 Å². The van der Waals surface area contributed by atoms with Gasteiger partial charge in [0, 0.05) is 24.4 Å². The molecule has 0 saturated carbocycles. The van der Waals surface area contributed by atoms with Gasteiger partial charge < -0.3 is 5.32 Å². The van der Waals surface area contributed by atoms with Crippen molar-refractivity contribution in [3.63, 3.8) is 0 Å². The normalized spacial score (nSPS) is 13.5. The van der Waals surface area contributed by atoms with Crippen LogP contribution in [0.25, 0.3) is 0 Å². The van der Waals surface area contributed by atoms with Gasteiger partial charge in [-0.2, -0.15) is 0 Å². The van der Waals surface area contributed by atoms with E-state index in [0.29, 0.717) is 12.3 Å². The molecule has 3 rings (SSSR count). The van der Waals surface area contributed by atoms with E-state index in [1.807, 2.05) is 18.2 Å². The van der Waals surface area contributed by atoms with Crippen molar-refractivity contribution in [3.8, 4) is 0 Å². The Hall–Kier alpha value is -2.33. The van der Waals surface area contributed by atoms with Gasteiger partial charge in [0.1, 0.15) is 0 Å². The molecule has 0 spiro atoms. The van der Waals surface area contributed by atoms with Gasteiger partial charge in [0.2, 0.25) is 5.91 Å². The van der Waals surface area contributed by atoms with Crippen LogP contribution < -0.4 is 5.32 Å². The van der Waals surface area contributed by atoms with Crippen LogP contribution in [0.15, 0.2) is 70.9 Å². The first-order valence-electron chi connectivity index (χ1n) is 10.4. The summed E-state index contributed by atoms with van der Waals surface area (Å²) in [7, 11) is 0. The lowest BCUT2D eigenvalue weighted by molar-refractivity contribution is -0.118. The predicted molar refractivity (Wildman–Crippen MR) is 125 cm³/mol. The minimum atomic E-state index is 0.0953. The molecule has 0 bridgehead atoms. The molecular weight excluding hydrogens is 376 g/mol. The summed E-state index contributed by atoms with van der Waals surface area (Å²) >= 11 is 1.64. The number of benzene rings is 2. The molecular formula is C25H30N2OS. The molecule has 1 aliphatic heterocycles. The number of amides is 1. The van der Waals surface area contributed by atoms with Gasteiger partial charge in [0.25, 0.3) is 0 Å². The molecule has 0 unspecified atom stereocenters. The van der Waals surface area contributed by atoms with Gasteiger partial charge in [-0.25, -0.2) is 0 Å². The molecule has 0 atom stereocenters. The van der Waals surface area contributed by atoms with Crippen molar-refractivity contribution in [2.24, 2.45) is 4.99 Å². The van der Waals surface area contributed by atoms with E-state index in [9.17, 15) is 4.79 Å². The molecule has 29 heavy (non-hydrogen) atoms. The summed E-state index contributed by atoms with van der Waals surface area (Å²) in [6, 6.07) is 19.0. The fourth-order valence-corrected chi connectivity index (χ4v) is 4.30. The van der Waals surface area contributed by atoms with Crippen LogP contribution in [0.2, 0.25) is 0 Å². The third kappa shape index (κ3) is 6.60. The molecule has 1 amide bonds. The van der Waals surface area contributed by atoms with Crippen LogP contribution in [-0.4, -0.2) is 29.7 Å². The van der Waals surface area contributed by atoms with Crippen molar-refractivity contribution < 1.29 is 4.79 Å².